The van der Waals surface area contributed by atoms with Crippen LogP contribution in [-0.4, -0.2) is 64.9 Å². The van der Waals surface area contributed by atoms with Crippen molar-refractivity contribution in [2.75, 3.05) is 13.2 Å². The lowest BCUT2D eigenvalue weighted by Gasteiger charge is -2.25. The third kappa shape index (κ3) is 2.64. The molecule has 3 atom stereocenters. The van der Waals surface area contributed by atoms with E-state index in [0.29, 0.717) is 5.84 Å². The summed E-state index contributed by atoms with van der Waals surface area (Å²) in [4.78, 5) is 33.6. The minimum Gasteiger partial charge on any atom is -0.447 e. The molecule has 0 saturated carbocycles. The molecular formula is C12H18N4O4. The average Bonchev–Trinajstić information content (AvgIpc) is 2.76. The molecule has 2 aliphatic rings. The zero-order chi connectivity index (χ0) is 14.9. The Labute approximate surface area is 116 Å². The van der Waals surface area contributed by atoms with Gasteiger partial charge in [-0.1, -0.05) is 0 Å². The first-order valence-corrected chi connectivity index (χ1v) is 6.40. The summed E-state index contributed by atoms with van der Waals surface area (Å²) in [5, 5.41) is 9.89. The molecule has 0 bridgehead atoms. The Morgan fingerprint density at radius 1 is 1.55 bits per heavy atom. The van der Waals surface area contributed by atoms with Gasteiger partial charge in [0.1, 0.15) is 30.6 Å². The zero-order valence-electron chi connectivity index (χ0n) is 11.4. The van der Waals surface area contributed by atoms with E-state index in [1.54, 1.807) is 13.8 Å². The largest absolute Gasteiger partial charge is 0.447 e. The van der Waals surface area contributed by atoms with Crippen LogP contribution in [0.4, 0.5) is 4.79 Å². The van der Waals surface area contributed by atoms with E-state index in [4.69, 9.17) is 10.5 Å². The Bertz CT molecular complexity index is 484. The Morgan fingerprint density at radius 3 is 2.90 bits per heavy atom. The second kappa shape index (κ2) is 5.58. The molecule has 2 heterocycles. The number of amides is 1. The molecule has 2 rings (SSSR count). The summed E-state index contributed by atoms with van der Waals surface area (Å²) < 4.78 is 4.98. The van der Waals surface area contributed by atoms with E-state index < -0.39 is 30.1 Å². The molecule has 0 aromatic heterocycles. The van der Waals surface area contributed by atoms with Crippen LogP contribution in [0.1, 0.15) is 20.3 Å². The maximum Gasteiger partial charge on any atom is 0.415 e. The normalized spacial score (nSPS) is 31.9. The Morgan fingerprint density at radius 2 is 2.25 bits per heavy atom. The fourth-order valence-corrected chi connectivity index (χ4v) is 2.36. The van der Waals surface area contributed by atoms with Crippen LogP contribution in [0.5, 0.6) is 0 Å². The first-order chi connectivity index (χ1) is 9.41. The molecule has 0 aromatic rings. The number of ether oxygens (including phenoxy) is 1. The molecule has 110 valence electrons. The van der Waals surface area contributed by atoms with Crippen LogP contribution in [0.15, 0.2) is 9.98 Å². The number of hydrogen-bond acceptors (Lipinski definition) is 6. The monoisotopic (exact) mass is 282 g/mol. The lowest BCUT2D eigenvalue weighted by atomic mass is 9.98. The van der Waals surface area contributed by atoms with Gasteiger partial charge in [0.05, 0.1) is 5.84 Å². The van der Waals surface area contributed by atoms with Crippen LogP contribution >= 0.6 is 0 Å². The van der Waals surface area contributed by atoms with E-state index >= 15 is 0 Å². The summed E-state index contributed by atoms with van der Waals surface area (Å²) in [6.45, 7) is 3.49. The summed E-state index contributed by atoms with van der Waals surface area (Å²) in [6, 6.07) is -1.56. The lowest BCUT2D eigenvalue weighted by molar-refractivity contribution is -0.129. The van der Waals surface area contributed by atoms with Crippen molar-refractivity contribution >= 4 is 23.5 Å². The summed E-state index contributed by atoms with van der Waals surface area (Å²) in [5.41, 5.74) is 5.55. The maximum absolute atomic E-state index is 12.3. The highest BCUT2D eigenvalue weighted by molar-refractivity contribution is 5.99. The molecule has 1 fully saturated rings. The molecule has 3 N–H and O–H groups in total. The zero-order valence-corrected chi connectivity index (χ0v) is 11.4. The van der Waals surface area contributed by atoms with Gasteiger partial charge in [-0.05, 0) is 13.8 Å². The van der Waals surface area contributed by atoms with E-state index in [2.05, 4.69) is 9.98 Å². The van der Waals surface area contributed by atoms with E-state index in [0.717, 1.165) is 0 Å². The molecule has 3 unspecified atom stereocenters. The maximum atomic E-state index is 12.3. The lowest BCUT2D eigenvalue weighted by Crippen LogP contribution is -2.49. The van der Waals surface area contributed by atoms with Gasteiger partial charge in [0.2, 0.25) is 0 Å². The minimum absolute atomic E-state index is 0.0194. The molecule has 1 saturated heterocycles. The van der Waals surface area contributed by atoms with Crippen LogP contribution in [0, 0.1) is 0 Å². The number of Topliss-reactive ketones (excluding diaryl/α,β-unsaturated/α-hetero) is 1. The fraction of sp³-hybridized carbons (Fsp3) is 0.667. The van der Waals surface area contributed by atoms with Crippen molar-refractivity contribution in [1.29, 1.82) is 0 Å². The van der Waals surface area contributed by atoms with Gasteiger partial charge < -0.3 is 15.6 Å². The smallest absolute Gasteiger partial charge is 0.415 e. The highest BCUT2D eigenvalue weighted by Crippen LogP contribution is 2.22. The van der Waals surface area contributed by atoms with Crippen LogP contribution in [0.2, 0.25) is 0 Å². The number of carbonyl (C=O) groups excluding carboxylic acids is 2. The number of aliphatic hydroxyl groups excluding tert-OH is 1. The number of aliphatic hydroxyl groups is 1. The predicted molar refractivity (Wildman–Crippen MR) is 71.7 cm³/mol. The first-order valence-electron chi connectivity index (χ1n) is 6.40. The molecular weight excluding hydrogens is 264 g/mol. The molecule has 8 nitrogen and oxygen atoms in total. The molecule has 1 amide bonds. The second-order valence-electron chi connectivity index (χ2n) is 4.87. The van der Waals surface area contributed by atoms with E-state index in [-0.39, 0.29) is 25.4 Å². The molecule has 0 radical (unpaired) electrons. The van der Waals surface area contributed by atoms with Crippen LogP contribution in [-0.2, 0) is 9.53 Å². The first kappa shape index (κ1) is 14.4. The topological polar surface area (TPSA) is 118 Å². The second-order valence-corrected chi connectivity index (χ2v) is 4.87. The van der Waals surface area contributed by atoms with Gasteiger partial charge >= 0.3 is 6.09 Å². The minimum atomic E-state index is -1.17. The van der Waals surface area contributed by atoms with E-state index in [1.165, 1.54) is 4.90 Å². The van der Waals surface area contributed by atoms with Crippen LogP contribution in [0.25, 0.3) is 0 Å². The van der Waals surface area contributed by atoms with Crippen molar-refractivity contribution < 1.29 is 19.4 Å². The number of fused-ring (bicyclic) bond motifs is 1. The average molecular weight is 282 g/mol. The SMILES string of the molecule is CC(N)=NC1C(=O)C(O)CCN=C(C)N2C(=O)OCC12. The summed E-state index contributed by atoms with van der Waals surface area (Å²) in [7, 11) is 0. The number of ketones is 1. The summed E-state index contributed by atoms with van der Waals surface area (Å²) >= 11 is 0. The molecule has 20 heavy (non-hydrogen) atoms. The third-order valence-electron chi connectivity index (χ3n) is 3.32. The fourth-order valence-electron chi connectivity index (χ4n) is 2.36. The van der Waals surface area contributed by atoms with Crippen molar-refractivity contribution in [1.82, 2.24) is 4.90 Å². The molecule has 8 heteroatoms. The van der Waals surface area contributed by atoms with Gasteiger partial charge in [0, 0.05) is 13.0 Å². The molecule has 0 spiro atoms. The number of rotatable bonds is 1. The van der Waals surface area contributed by atoms with E-state index in [1.807, 2.05) is 0 Å². The predicted octanol–water partition coefficient (Wildman–Crippen LogP) is -0.695. The number of nitrogens with two attached hydrogens (primary N) is 1. The van der Waals surface area contributed by atoms with Crippen molar-refractivity contribution in [2.24, 2.45) is 15.7 Å². The molecule has 0 aliphatic carbocycles. The van der Waals surface area contributed by atoms with Gasteiger partial charge in [0.15, 0.2) is 5.78 Å². The van der Waals surface area contributed by atoms with E-state index in [9.17, 15) is 14.7 Å². The van der Waals surface area contributed by atoms with Crippen molar-refractivity contribution in [3.8, 4) is 0 Å². The Balaban J connectivity index is 2.44. The van der Waals surface area contributed by atoms with Gasteiger partial charge in [-0.3, -0.25) is 19.7 Å². The van der Waals surface area contributed by atoms with Crippen LogP contribution in [0.3, 0.4) is 0 Å². The van der Waals surface area contributed by atoms with Gasteiger partial charge in [-0.2, -0.15) is 0 Å². The van der Waals surface area contributed by atoms with Crippen molar-refractivity contribution in [3.63, 3.8) is 0 Å². The molecule has 0 aromatic carbocycles. The molecule has 2 aliphatic heterocycles. The standard InChI is InChI=1S/C12H18N4O4/c1-6(13)15-10-8-5-20-12(19)16(8)7(2)14-4-3-9(17)11(10)18/h8-10,17H,3-5H2,1-2H3,(H2,13,15). The summed E-state index contributed by atoms with van der Waals surface area (Å²) in [6.07, 6.45) is -1.54. The number of hydrogen-bond donors (Lipinski definition) is 2. The van der Waals surface area contributed by atoms with Gasteiger partial charge in [-0.25, -0.2) is 4.79 Å². The number of amidine groups is 2. The van der Waals surface area contributed by atoms with Gasteiger partial charge in [0.25, 0.3) is 0 Å². The number of carbonyl (C=O) groups is 2. The number of aliphatic imine (C=N–C) groups is 2. The Kier molecular flexibility index (Phi) is 4.03. The Hall–Kier alpha value is -1.96. The number of cyclic esters (lactones) is 1. The van der Waals surface area contributed by atoms with Gasteiger partial charge in [-0.15, -0.1) is 0 Å². The van der Waals surface area contributed by atoms with Crippen molar-refractivity contribution in [3.05, 3.63) is 0 Å². The highest BCUT2D eigenvalue weighted by Gasteiger charge is 2.45. The third-order valence-corrected chi connectivity index (χ3v) is 3.32. The quantitative estimate of drug-likeness (QED) is 0.487. The summed E-state index contributed by atoms with van der Waals surface area (Å²) in [5.74, 6) is 0.200. The van der Waals surface area contributed by atoms with Crippen molar-refractivity contribution in [2.45, 2.75) is 38.5 Å². The highest BCUT2D eigenvalue weighted by atomic mass is 16.6. The van der Waals surface area contributed by atoms with Crippen LogP contribution < -0.4 is 5.73 Å². The number of nitrogens with zero attached hydrogens (tertiary/aromatic N) is 3.